The Balaban J connectivity index is 1.41. The number of fused-ring (bicyclic) bond motifs is 1. The van der Waals surface area contributed by atoms with Crippen LogP contribution in [0.4, 0.5) is 5.69 Å². The summed E-state index contributed by atoms with van der Waals surface area (Å²) in [5.41, 5.74) is 4.69. The number of nitrogens with one attached hydrogen (secondary N) is 1. The second-order valence-corrected chi connectivity index (χ2v) is 6.69. The third-order valence-electron chi connectivity index (χ3n) is 5.04. The molecule has 1 aliphatic heterocycles. The summed E-state index contributed by atoms with van der Waals surface area (Å²) in [7, 11) is 1.65. The number of hydrogen-bond donors (Lipinski definition) is 1. The molecule has 4 rings (SSSR count). The molecule has 0 radical (unpaired) electrons. The van der Waals surface area contributed by atoms with Gasteiger partial charge in [-0.25, -0.2) is 0 Å². The number of nitrogens with zero attached hydrogens (tertiary/aromatic N) is 3. The third-order valence-corrected chi connectivity index (χ3v) is 5.04. The zero-order chi connectivity index (χ0) is 17.9. The number of aromatic amines is 1. The van der Waals surface area contributed by atoms with Crippen molar-refractivity contribution in [2.45, 2.75) is 6.54 Å². The lowest BCUT2D eigenvalue weighted by molar-refractivity contribution is 0.247. The van der Waals surface area contributed by atoms with Crippen LogP contribution in [0.1, 0.15) is 11.3 Å². The molecule has 0 aliphatic carbocycles. The second-order valence-electron chi connectivity index (χ2n) is 6.69. The van der Waals surface area contributed by atoms with E-state index < -0.39 is 0 Å². The molecule has 3 heterocycles. The Hall–Kier alpha value is -2.79. The minimum absolute atomic E-state index is 0.696. The van der Waals surface area contributed by atoms with Crippen molar-refractivity contribution >= 4 is 22.3 Å². The zero-order valence-corrected chi connectivity index (χ0v) is 15.1. The van der Waals surface area contributed by atoms with Crippen molar-refractivity contribution in [3.05, 3.63) is 66.6 Å². The first-order valence-corrected chi connectivity index (χ1v) is 8.95. The lowest BCUT2D eigenvalue weighted by Crippen LogP contribution is -2.46. The topological polar surface area (TPSA) is 44.4 Å². The first-order valence-electron chi connectivity index (χ1n) is 8.95. The number of ether oxygens (including phenoxy) is 1. The number of H-pyrrole nitrogens is 1. The van der Waals surface area contributed by atoms with Crippen LogP contribution in [0.3, 0.4) is 0 Å². The lowest BCUT2D eigenvalue weighted by atomic mass is 10.1. The molecule has 1 saturated heterocycles. The number of rotatable bonds is 5. The number of methoxy groups -OCH3 is 1. The third kappa shape index (κ3) is 3.44. The average Bonchev–Trinajstić information content (AvgIpc) is 3.10. The van der Waals surface area contributed by atoms with Crippen LogP contribution in [0.25, 0.3) is 16.7 Å². The highest BCUT2D eigenvalue weighted by atomic mass is 16.5. The maximum Gasteiger partial charge on any atom is 0.118 e. The Labute approximate surface area is 153 Å². The van der Waals surface area contributed by atoms with Crippen LogP contribution < -0.4 is 4.90 Å². The highest BCUT2D eigenvalue weighted by Gasteiger charge is 2.18. The van der Waals surface area contributed by atoms with E-state index in [9.17, 15) is 0 Å². The van der Waals surface area contributed by atoms with Crippen LogP contribution in [-0.2, 0) is 11.3 Å². The molecule has 0 atom stereocenters. The molecular weight excluding hydrogens is 324 g/mol. The van der Waals surface area contributed by atoms with Gasteiger partial charge in [-0.2, -0.15) is 0 Å². The Morgan fingerprint density at radius 2 is 1.88 bits per heavy atom. The molecule has 0 amide bonds. The fraction of sp³-hybridized carbons (Fsp3) is 0.286. The molecule has 3 aromatic rings. The van der Waals surface area contributed by atoms with Gasteiger partial charge in [-0.1, -0.05) is 6.58 Å². The molecule has 26 heavy (non-hydrogen) atoms. The summed E-state index contributed by atoms with van der Waals surface area (Å²) in [5, 5.41) is 1.20. The van der Waals surface area contributed by atoms with Gasteiger partial charge in [0.1, 0.15) is 5.76 Å². The van der Waals surface area contributed by atoms with Gasteiger partial charge in [-0.3, -0.25) is 9.88 Å². The van der Waals surface area contributed by atoms with Crippen molar-refractivity contribution in [1.82, 2.24) is 14.9 Å². The highest BCUT2D eigenvalue weighted by Crippen LogP contribution is 2.23. The number of piperazine rings is 1. The smallest absolute Gasteiger partial charge is 0.118 e. The lowest BCUT2D eigenvalue weighted by Gasteiger charge is -2.35. The number of hydrogen-bond acceptors (Lipinski definition) is 4. The number of anilines is 1. The molecule has 0 saturated carbocycles. The van der Waals surface area contributed by atoms with Crippen molar-refractivity contribution < 1.29 is 4.74 Å². The van der Waals surface area contributed by atoms with E-state index in [1.54, 1.807) is 7.11 Å². The Morgan fingerprint density at radius 3 is 2.62 bits per heavy atom. The maximum absolute atomic E-state index is 5.24. The summed E-state index contributed by atoms with van der Waals surface area (Å²) >= 11 is 0. The van der Waals surface area contributed by atoms with Gasteiger partial charge in [0, 0.05) is 73.0 Å². The van der Waals surface area contributed by atoms with Crippen LogP contribution >= 0.6 is 0 Å². The van der Waals surface area contributed by atoms with E-state index in [2.05, 4.69) is 56.7 Å². The fourth-order valence-electron chi connectivity index (χ4n) is 3.53. The summed E-state index contributed by atoms with van der Waals surface area (Å²) in [5.74, 6) is 0.696. The fourth-order valence-corrected chi connectivity index (χ4v) is 3.53. The van der Waals surface area contributed by atoms with E-state index >= 15 is 0 Å². The van der Waals surface area contributed by atoms with Crippen molar-refractivity contribution in [3.63, 3.8) is 0 Å². The summed E-state index contributed by atoms with van der Waals surface area (Å²) in [6.45, 7) is 9.08. The first kappa shape index (κ1) is 16.7. The van der Waals surface area contributed by atoms with E-state index in [1.165, 1.54) is 16.8 Å². The van der Waals surface area contributed by atoms with Crippen molar-refractivity contribution in [1.29, 1.82) is 0 Å². The van der Waals surface area contributed by atoms with Gasteiger partial charge in [0.05, 0.1) is 7.11 Å². The molecule has 2 aromatic heterocycles. The molecule has 0 spiro atoms. The molecular formula is C21H24N4O. The van der Waals surface area contributed by atoms with Gasteiger partial charge in [-0.15, -0.1) is 0 Å². The van der Waals surface area contributed by atoms with Gasteiger partial charge in [0.25, 0.3) is 0 Å². The number of pyridine rings is 1. The van der Waals surface area contributed by atoms with Crippen LogP contribution in [0.2, 0.25) is 0 Å². The van der Waals surface area contributed by atoms with Crippen LogP contribution in [0.15, 0.2) is 55.4 Å². The molecule has 5 nitrogen and oxygen atoms in total. The van der Waals surface area contributed by atoms with Gasteiger partial charge in [0.2, 0.25) is 0 Å². The Bertz CT molecular complexity index is 895. The largest absolute Gasteiger partial charge is 0.497 e. The Morgan fingerprint density at radius 1 is 1.12 bits per heavy atom. The summed E-state index contributed by atoms with van der Waals surface area (Å²) in [6, 6.07) is 12.7. The number of benzene rings is 1. The molecule has 134 valence electrons. The monoisotopic (exact) mass is 348 g/mol. The molecule has 0 bridgehead atoms. The molecule has 5 heteroatoms. The van der Waals surface area contributed by atoms with Gasteiger partial charge in [0.15, 0.2) is 0 Å². The van der Waals surface area contributed by atoms with E-state index in [0.29, 0.717) is 5.76 Å². The molecule has 1 fully saturated rings. The van der Waals surface area contributed by atoms with Crippen LogP contribution in [0, 0.1) is 0 Å². The van der Waals surface area contributed by atoms with Gasteiger partial charge in [-0.05, 0) is 36.4 Å². The molecule has 1 N–H and O–H groups in total. The van der Waals surface area contributed by atoms with Crippen molar-refractivity contribution in [3.8, 4) is 0 Å². The minimum atomic E-state index is 0.696. The van der Waals surface area contributed by atoms with Gasteiger partial charge >= 0.3 is 0 Å². The number of aromatic nitrogens is 2. The highest BCUT2D eigenvalue weighted by molar-refractivity contribution is 5.83. The van der Waals surface area contributed by atoms with E-state index in [4.69, 9.17) is 4.74 Å². The van der Waals surface area contributed by atoms with Crippen molar-refractivity contribution in [2.75, 3.05) is 38.2 Å². The SMILES string of the molecule is C=C(OC)c1ccc2[nH]c(CN3CCN(c4ccncc4)CC3)cc2c1. The quantitative estimate of drug-likeness (QED) is 0.717. The molecule has 0 unspecified atom stereocenters. The van der Waals surface area contributed by atoms with Crippen LogP contribution in [0.5, 0.6) is 0 Å². The van der Waals surface area contributed by atoms with Crippen molar-refractivity contribution in [2.24, 2.45) is 0 Å². The summed E-state index contributed by atoms with van der Waals surface area (Å²) < 4.78 is 5.24. The van der Waals surface area contributed by atoms with E-state index in [0.717, 1.165) is 43.8 Å². The maximum atomic E-state index is 5.24. The van der Waals surface area contributed by atoms with Crippen LogP contribution in [-0.4, -0.2) is 48.2 Å². The molecule has 1 aromatic carbocycles. The predicted molar refractivity (Wildman–Crippen MR) is 106 cm³/mol. The minimum Gasteiger partial charge on any atom is -0.497 e. The predicted octanol–water partition coefficient (Wildman–Crippen LogP) is 3.50. The summed E-state index contributed by atoms with van der Waals surface area (Å²) in [4.78, 5) is 12.6. The normalized spacial score (nSPS) is 15.3. The first-order chi connectivity index (χ1) is 12.7. The molecule has 1 aliphatic rings. The van der Waals surface area contributed by atoms with E-state index in [-0.39, 0.29) is 0 Å². The summed E-state index contributed by atoms with van der Waals surface area (Å²) in [6.07, 6.45) is 3.72. The van der Waals surface area contributed by atoms with Gasteiger partial charge < -0.3 is 14.6 Å². The zero-order valence-electron chi connectivity index (χ0n) is 15.1. The Kier molecular flexibility index (Phi) is 4.63. The van der Waals surface area contributed by atoms with E-state index in [1.807, 2.05) is 18.5 Å². The second kappa shape index (κ2) is 7.22. The average molecular weight is 348 g/mol. The standard InChI is InChI=1S/C21H24N4O/c1-16(26-2)17-3-4-21-18(13-17)14-19(23-21)15-24-9-11-25(12-10-24)20-5-7-22-8-6-20/h3-8,13-14,23H,1,9-12,15H2,2H3.